The standard InChI is InChI=1S/C9H8ClNS2/c10-4-7-6-3-5(11)1-2-8(6)13-9(7)12/h1-3,12H,4,11H2. The minimum absolute atomic E-state index is 0.488. The summed E-state index contributed by atoms with van der Waals surface area (Å²) in [4.78, 5) is 0. The number of hydrogen-bond donors (Lipinski definition) is 2. The lowest BCUT2D eigenvalue weighted by Gasteiger charge is -1.95. The van der Waals surface area contributed by atoms with E-state index in [1.54, 1.807) is 11.3 Å². The van der Waals surface area contributed by atoms with E-state index < -0.39 is 0 Å². The molecule has 4 heteroatoms. The maximum Gasteiger partial charge on any atom is 0.0624 e. The zero-order valence-electron chi connectivity index (χ0n) is 6.75. The molecule has 0 unspecified atom stereocenters. The summed E-state index contributed by atoms with van der Waals surface area (Å²) in [5, 5.41) is 1.13. The Hall–Kier alpha value is -0.380. The van der Waals surface area contributed by atoms with Crippen molar-refractivity contribution in [3.63, 3.8) is 0 Å². The number of alkyl halides is 1. The second-order valence-corrected chi connectivity index (χ2v) is 4.84. The largest absolute Gasteiger partial charge is 0.399 e. The summed E-state index contributed by atoms with van der Waals surface area (Å²) in [5.41, 5.74) is 7.54. The minimum atomic E-state index is 0.488. The molecule has 1 aromatic carbocycles. The molecule has 0 amide bonds. The van der Waals surface area contributed by atoms with E-state index in [2.05, 4.69) is 12.6 Å². The summed E-state index contributed by atoms with van der Waals surface area (Å²) in [6, 6.07) is 5.85. The van der Waals surface area contributed by atoms with Gasteiger partial charge < -0.3 is 5.73 Å². The fraction of sp³-hybridized carbons (Fsp3) is 0.111. The molecule has 0 radical (unpaired) electrons. The van der Waals surface area contributed by atoms with Crippen molar-refractivity contribution in [1.29, 1.82) is 0 Å². The number of halogens is 1. The van der Waals surface area contributed by atoms with Crippen LogP contribution in [0.1, 0.15) is 5.56 Å². The fourth-order valence-corrected chi connectivity index (χ4v) is 3.17. The van der Waals surface area contributed by atoms with Gasteiger partial charge in [-0.15, -0.1) is 35.6 Å². The van der Waals surface area contributed by atoms with Crippen LogP contribution in [0.25, 0.3) is 10.1 Å². The van der Waals surface area contributed by atoms with Crippen LogP contribution >= 0.6 is 35.6 Å². The normalized spacial score (nSPS) is 10.9. The van der Waals surface area contributed by atoms with Crippen LogP contribution < -0.4 is 5.73 Å². The number of hydrogen-bond acceptors (Lipinski definition) is 3. The molecular weight excluding hydrogens is 222 g/mol. The van der Waals surface area contributed by atoms with Gasteiger partial charge in [-0.25, -0.2) is 0 Å². The molecule has 1 aromatic heterocycles. The first-order valence-corrected chi connectivity index (χ1v) is 5.58. The van der Waals surface area contributed by atoms with Crippen molar-refractivity contribution in [3.05, 3.63) is 23.8 Å². The topological polar surface area (TPSA) is 26.0 Å². The van der Waals surface area contributed by atoms with Crippen LogP contribution in [0, 0.1) is 0 Å². The summed E-state index contributed by atoms with van der Waals surface area (Å²) >= 11 is 11.8. The maximum absolute atomic E-state index is 5.82. The van der Waals surface area contributed by atoms with E-state index in [0.717, 1.165) is 20.8 Å². The van der Waals surface area contributed by atoms with Crippen LogP contribution in [0.5, 0.6) is 0 Å². The van der Waals surface area contributed by atoms with Crippen molar-refractivity contribution in [1.82, 2.24) is 0 Å². The van der Waals surface area contributed by atoms with Gasteiger partial charge in [0.2, 0.25) is 0 Å². The summed E-state index contributed by atoms with van der Waals surface area (Å²) < 4.78 is 2.17. The zero-order valence-corrected chi connectivity index (χ0v) is 9.22. The summed E-state index contributed by atoms with van der Waals surface area (Å²) in [7, 11) is 0. The first-order chi connectivity index (χ1) is 6.22. The van der Waals surface area contributed by atoms with E-state index in [-0.39, 0.29) is 0 Å². The molecule has 13 heavy (non-hydrogen) atoms. The van der Waals surface area contributed by atoms with Gasteiger partial charge in [0.15, 0.2) is 0 Å². The molecule has 0 saturated heterocycles. The lowest BCUT2D eigenvalue weighted by atomic mass is 10.2. The lowest BCUT2D eigenvalue weighted by molar-refractivity contribution is 1.40. The number of fused-ring (bicyclic) bond motifs is 1. The monoisotopic (exact) mass is 229 g/mol. The van der Waals surface area contributed by atoms with Gasteiger partial charge >= 0.3 is 0 Å². The Kier molecular flexibility index (Phi) is 2.41. The Bertz CT molecular complexity index is 450. The Morgan fingerprint density at radius 2 is 2.23 bits per heavy atom. The van der Waals surface area contributed by atoms with E-state index in [4.69, 9.17) is 17.3 Å². The average Bonchev–Trinajstić information content (AvgIpc) is 2.40. The van der Waals surface area contributed by atoms with Crippen molar-refractivity contribution < 1.29 is 0 Å². The molecule has 0 fully saturated rings. The Morgan fingerprint density at radius 3 is 2.92 bits per heavy atom. The molecule has 0 saturated carbocycles. The average molecular weight is 230 g/mol. The lowest BCUT2D eigenvalue weighted by Crippen LogP contribution is -1.83. The molecule has 0 aliphatic rings. The quantitative estimate of drug-likeness (QED) is 0.437. The Balaban J connectivity index is 2.80. The highest BCUT2D eigenvalue weighted by molar-refractivity contribution is 7.83. The second-order valence-electron chi connectivity index (χ2n) is 2.77. The highest BCUT2D eigenvalue weighted by Crippen LogP contribution is 2.35. The van der Waals surface area contributed by atoms with Crippen molar-refractivity contribution in [3.8, 4) is 0 Å². The predicted octanol–water partition coefficient (Wildman–Crippen LogP) is 3.51. The van der Waals surface area contributed by atoms with Crippen molar-refractivity contribution in [2.45, 2.75) is 10.1 Å². The molecule has 0 bridgehead atoms. The third kappa shape index (κ3) is 1.52. The number of thiol groups is 1. The molecule has 2 N–H and O–H groups in total. The molecule has 1 heterocycles. The Labute approximate surface area is 90.9 Å². The van der Waals surface area contributed by atoms with Crippen LogP contribution in [0.2, 0.25) is 0 Å². The maximum atomic E-state index is 5.82. The van der Waals surface area contributed by atoms with Gasteiger partial charge in [-0.1, -0.05) is 0 Å². The number of nitrogens with two attached hydrogens (primary N) is 1. The van der Waals surface area contributed by atoms with Gasteiger partial charge in [0.1, 0.15) is 0 Å². The number of rotatable bonds is 1. The zero-order chi connectivity index (χ0) is 9.42. The number of nitrogen functional groups attached to an aromatic ring is 1. The summed E-state index contributed by atoms with van der Waals surface area (Å²) in [6.07, 6.45) is 0. The molecule has 68 valence electrons. The molecule has 0 aliphatic carbocycles. The smallest absolute Gasteiger partial charge is 0.0624 e. The minimum Gasteiger partial charge on any atom is -0.399 e. The van der Waals surface area contributed by atoms with Gasteiger partial charge in [-0.2, -0.15) is 0 Å². The summed E-state index contributed by atoms with van der Waals surface area (Å²) in [6.45, 7) is 0. The molecule has 1 nitrogen and oxygen atoms in total. The van der Waals surface area contributed by atoms with E-state index >= 15 is 0 Å². The third-order valence-corrected chi connectivity index (χ3v) is 3.75. The van der Waals surface area contributed by atoms with Crippen molar-refractivity contribution >= 4 is 51.3 Å². The number of thiophene rings is 1. The summed E-state index contributed by atoms with van der Waals surface area (Å²) in [5.74, 6) is 0.488. The Morgan fingerprint density at radius 1 is 1.46 bits per heavy atom. The van der Waals surface area contributed by atoms with E-state index in [0.29, 0.717) is 5.88 Å². The van der Waals surface area contributed by atoms with Gasteiger partial charge in [0, 0.05) is 21.7 Å². The number of anilines is 1. The molecule has 0 spiro atoms. The predicted molar refractivity (Wildman–Crippen MR) is 63.0 cm³/mol. The third-order valence-electron chi connectivity index (χ3n) is 1.93. The van der Waals surface area contributed by atoms with E-state index in [1.165, 1.54) is 4.70 Å². The molecule has 2 rings (SSSR count). The van der Waals surface area contributed by atoms with Crippen LogP contribution in [-0.4, -0.2) is 0 Å². The van der Waals surface area contributed by atoms with Gasteiger partial charge in [0.05, 0.1) is 4.21 Å². The van der Waals surface area contributed by atoms with E-state index in [9.17, 15) is 0 Å². The highest BCUT2D eigenvalue weighted by atomic mass is 35.5. The van der Waals surface area contributed by atoms with Crippen LogP contribution in [0.4, 0.5) is 5.69 Å². The molecule has 2 aromatic rings. The van der Waals surface area contributed by atoms with Gasteiger partial charge in [-0.3, -0.25) is 0 Å². The van der Waals surface area contributed by atoms with Crippen molar-refractivity contribution in [2.24, 2.45) is 0 Å². The first kappa shape index (κ1) is 9.19. The van der Waals surface area contributed by atoms with Crippen LogP contribution in [-0.2, 0) is 5.88 Å². The highest BCUT2D eigenvalue weighted by Gasteiger charge is 2.08. The fourth-order valence-electron chi connectivity index (χ4n) is 1.28. The first-order valence-electron chi connectivity index (χ1n) is 3.78. The van der Waals surface area contributed by atoms with Crippen LogP contribution in [0.15, 0.2) is 22.4 Å². The van der Waals surface area contributed by atoms with Crippen molar-refractivity contribution in [2.75, 3.05) is 5.73 Å². The van der Waals surface area contributed by atoms with Gasteiger partial charge in [-0.05, 0) is 23.8 Å². The number of benzene rings is 1. The van der Waals surface area contributed by atoms with Crippen LogP contribution in [0.3, 0.4) is 0 Å². The SMILES string of the molecule is Nc1ccc2sc(S)c(CCl)c2c1. The molecule has 0 atom stereocenters. The molecule has 0 aliphatic heterocycles. The molecular formula is C9H8ClNS2. The second kappa shape index (κ2) is 3.40. The van der Waals surface area contributed by atoms with Gasteiger partial charge in [0.25, 0.3) is 0 Å². The van der Waals surface area contributed by atoms with E-state index in [1.807, 2.05) is 18.2 Å².